The molecule has 0 radical (unpaired) electrons. The Labute approximate surface area is 98.8 Å². The lowest BCUT2D eigenvalue weighted by molar-refractivity contribution is 0.532. The van der Waals surface area contributed by atoms with Crippen LogP contribution in [0.15, 0.2) is 24.4 Å². The first-order valence-corrected chi connectivity index (χ1v) is 5.79. The maximum atomic E-state index is 4.53. The van der Waals surface area contributed by atoms with Gasteiger partial charge in [-0.2, -0.15) is 0 Å². The van der Waals surface area contributed by atoms with Crippen LogP contribution in [-0.4, -0.2) is 12.0 Å². The molecule has 0 aliphatic heterocycles. The fraction of sp³-hybridized carbons (Fsp3) is 0.500. The summed E-state index contributed by atoms with van der Waals surface area (Å²) in [4.78, 5) is 4.53. The molecule has 0 aliphatic carbocycles. The third-order valence-corrected chi connectivity index (χ3v) is 2.79. The fourth-order valence-corrected chi connectivity index (χ4v) is 1.90. The number of hydrogen-bond acceptors (Lipinski definition) is 2. The minimum atomic E-state index is 0.331. The van der Waals surface area contributed by atoms with Crippen molar-refractivity contribution in [2.24, 2.45) is 0 Å². The summed E-state index contributed by atoms with van der Waals surface area (Å²) >= 11 is 0. The summed E-state index contributed by atoms with van der Waals surface area (Å²) in [5.41, 5.74) is 4.87. The van der Waals surface area contributed by atoms with Gasteiger partial charge >= 0.3 is 0 Å². The van der Waals surface area contributed by atoms with Crippen molar-refractivity contribution in [1.29, 1.82) is 0 Å². The van der Waals surface area contributed by atoms with Crippen LogP contribution in [0, 0.1) is 13.8 Å². The smallest absolute Gasteiger partial charge is 0.0602 e. The molecule has 1 heterocycles. The summed E-state index contributed by atoms with van der Waals surface area (Å²) in [5, 5.41) is 3.33. The molecule has 0 aromatic carbocycles. The van der Waals surface area contributed by atoms with Gasteiger partial charge in [0.15, 0.2) is 0 Å². The summed E-state index contributed by atoms with van der Waals surface area (Å²) in [6.45, 7) is 10.2. The van der Waals surface area contributed by atoms with E-state index in [-0.39, 0.29) is 0 Å². The van der Waals surface area contributed by atoms with Crippen LogP contribution in [0.4, 0.5) is 0 Å². The molecule has 0 amide bonds. The van der Waals surface area contributed by atoms with Gasteiger partial charge in [-0.15, -0.1) is 6.58 Å². The van der Waals surface area contributed by atoms with E-state index in [2.05, 4.69) is 43.7 Å². The van der Waals surface area contributed by atoms with E-state index in [1.165, 1.54) is 16.7 Å². The van der Waals surface area contributed by atoms with Gasteiger partial charge in [0.2, 0.25) is 0 Å². The number of pyridine rings is 1. The molecule has 2 heteroatoms. The number of allylic oxidation sites excluding steroid dienone is 1. The Kier molecular flexibility index (Phi) is 4.69. The van der Waals surface area contributed by atoms with E-state index in [0.29, 0.717) is 6.04 Å². The van der Waals surface area contributed by atoms with Gasteiger partial charge in [0.25, 0.3) is 0 Å². The van der Waals surface area contributed by atoms with E-state index in [4.69, 9.17) is 0 Å². The van der Waals surface area contributed by atoms with Crippen molar-refractivity contribution >= 4 is 0 Å². The summed E-state index contributed by atoms with van der Waals surface area (Å²) in [5.74, 6) is 0. The summed E-state index contributed by atoms with van der Waals surface area (Å²) in [6, 6.07) is 2.52. The first kappa shape index (κ1) is 12.9. The third kappa shape index (κ3) is 3.46. The van der Waals surface area contributed by atoms with E-state index in [1.807, 2.05) is 13.2 Å². The molecule has 1 aromatic rings. The van der Waals surface area contributed by atoms with Crippen LogP contribution >= 0.6 is 0 Å². The summed E-state index contributed by atoms with van der Waals surface area (Å²) in [7, 11) is 1.99. The van der Waals surface area contributed by atoms with E-state index in [9.17, 15) is 0 Å². The first-order chi connectivity index (χ1) is 7.54. The van der Waals surface area contributed by atoms with Crippen LogP contribution in [0.1, 0.15) is 42.6 Å². The monoisotopic (exact) mass is 218 g/mol. The summed E-state index contributed by atoms with van der Waals surface area (Å²) in [6.07, 6.45) is 4.04. The van der Waals surface area contributed by atoms with Crippen LogP contribution in [0.2, 0.25) is 0 Å². The zero-order valence-corrected chi connectivity index (χ0v) is 10.8. The minimum Gasteiger partial charge on any atom is -0.312 e. The fourth-order valence-electron chi connectivity index (χ4n) is 1.90. The van der Waals surface area contributed by atoms with Crippen molar-refractivity contribution in [1.82, 2.24) is 10.3 Å². The van der Waals surface area contributed by atoms with E-state index >= 15 is 0 Å². The number of aryl methyl sites for hydroxylation is 2. The maximum absolute atomic E-state index is 4.53. The maximum Gasteiger partial charge on any atom is 0.0602 e. The molecule has 1 unspecified atom stereocenters. The number of rotatable bonds is 5. The molecule has 1 N–H and O–H groups in total. The van der Waals surface area contributed by atoms with Gasteiger partial charge < -0.3 is 5.32 Å². The Morgan fingerprint density at radius 2 is 2.19 bits per heavy atom. The molecular formula is C14H22N2. The average molecular weight is 218 g/mol. The second kappa shape index (κ2) is 5.80. The number of hydrogen-bond donors (Lipinski definition) is 1. The molecule has 0 spiro atoms. The predicted octanol–water partition coefficient (Wildman–Crippen LogP) is 3.32. The van der Waals surface area contributed by atoms with Crippen LogP contribution in [0.5, 0.6) is 0 Å². The summed E-state index contributed by atoms with van der Waals surface area (Å²) < 4.78 is 0. The SMILES string of the molecule is C=C(C)CCC(NC)c1ncc(C)cc1C. The van der Waals surface area contributed by atoms with Crippen molar-refractivity contribution in [3.05, 3.63) is 41.2 Å². The lowest BCUT2D eigenvalue weighted by Gasteiger charge is -2.18. The zero-order chi connectivity index (χ0) is 12.1. The highest BCUT2D eigenvalue weighted by atomic mass is 14.9. The molecule has 2 nitrogen and oxygen atoms in total. The standard InChI is InChI=1S/C14H22N2/c1-10(2)6-7-13(15-5)14-12(4)8-11(3)9-16-14/h8-9,13,15H,1,6-7H2,2-5H3. The molecule has 0 saturated heterocycles. The van der Waals surface area contributed by atoms with Gasteiger partial charge in [-0.05, 0) is 51.8 Å². The Morgan fingerprint density at radius 3 is 2.69 bits per heavy atom. The second-order valence-corrected chi connectivity index (χ2v) is 4.55. The predicted molar refractivity (Wildman–Crippen MR) is 69.6 cm³/mol. The van der Waals surface area contributed by atoms with Crippen molar-refractivity contribution < 1.29 is 0 Å². The highest BCUT2D eigenvalue weighted by Crippen LogP contribution is 2.21. The third-order valence-electron chi connectivity index (χ3n) is 2.79. The lowest BCUT2D eigenvalue weighted by Crippen LogP contribution is -2.19. The van der Waals surface area contributed by atoms with Gasteiger partial charge in [0, 0.05) is 12.2 Å². The van der Waals surface area contributed by atoms with Gasteiger partial charge in [-0.25, -0.2) is 0 Å². The Morgan fingerprint density at radius 1 is 1.50 bits per heavy atom. The molecule has 88 valence electrons. The van der Waals surface area contributed by atoms with Gasteiger partial charge in [0.1, 0.15) is 0 Å². The molecule has 1 aromatic heterocycles. The van der Waals surface area contributed by atoms with Gasteiger partial charge in [-0.3, -0.25) is 4.98 Å². The quantitative estimate of drug-likeness (QED) is 0.767. The zero-order valence-electron chi connectivity index (χ0n) is 10.8. The highest BCUT2D eigenvalue weighted by Gasteiger charge is 2.12. The minimum absolute atomic E-state index is 0.331. The molecule has 16 heavy (non-hydrogen) atoms. The first-order valence-electron chi connectivity index (χ1n) is 5.79. The number of nitrogens with zero attached hydrogens (tertiary/aromatic N) is 1. The lowest BCUT2D eigenvalue weighted by atomic mass is 10.0. The molecular weight excluding hydrogens is 196 g/mol. The van der Waals surface area contributed by atoms with Gasteiger partial charge in [0.05, 0.1) is 5.69 Å². The topological polar surface area (TPSA) is 24.9 Å². The van der Waals surface area contributed by atoms with Crippen LogP contribution in [0.25, 0.3) is 0 Å². The van der Waals surface area contributed by atoms with Crippen LogP contribution < -0.4 is 5.32 Å². The van der Waals surface area contributed by atoms with Crippen molar-refractivity contribution in [3.63, 3.8) is 0 Å². The molecule has 0 saturated carbocycles. The van der Waals surface area contributed by atoms with E-state index < -0.39 is 0 Å². The van der Waals surface area contributed by atoms with Crippen molar-refractivity contribution in [3.8, 4) is 0 Å². The highest BCUT2D eigenvalue weighted by molar-refractivity contribution is 5.25. The Hall–Kier alpha value is -1.15. The molecule has 1 atom stereocenters. The molecule has 1 rings (SSSR count). The Bertz CT molecular complexity index is 369. The second-order valence-electron chi connectivity index (χ2n) is 4.55. The van der Waals surface area contributed by atoms with Crippen LogP contribution in [0.3, 0.4) is 0 Å². The van der Waals surface area contributed by atoms with Gasteiger partial charge in [-0.1, -0.05) is 11.6 Å². The van der Waals surface area contributed by atoms with E-state index in [0.717, 1.165) is 18.5 Å². The molecule has 0 bridgehead atoms. The molecule has 0 fully saturated rings. The Balaban J connectivity index is 2.82. The average Bonchev–Trinajstić information content (AvgIpc) is 2.21. The normalized spacial score (nSPS) is 12.5. The number of nitrogens with one attached hydrogen (secondary N) is 1. The van der Waals surface area contributed by atoms with Crippen molar-refractivity contribution in [2.45, 2.75) is 39.7 Å². The number of aromatic nitrogens is 1. The largest absolute Gasteiger partial charge is 0.312 e. The van der Waals surface area contributed by atoms with Crippen LogP contribution in [-0.2, 0) is 0 Å². The van der Waals surface area contributed by atoms with E-state index in [1.54, 1.807) is 0 Å². The van der Waals surface area contributed by atoms with Crippen molar-refractivity contribution in [2.75, 3.05) is 7.05 Å². The molecule has 0 aliphatic rings.